The Bertz CT molecular complexity index is 525. The molecule has 1 saturated carbocycles. The van der Waals surface area contributed by atoms with Crippen LogP contribution in [0.2, 0.25) is 0 Å². The van der Waals surface area contributed by atoms with E-state index < -0.39 is 5.60 Å². The monoisotopic (exact) mass is 285 g/mol. The van der Waals surface area contributed by atoms with E-state index in [9.17, 15) is 9.90 Å². The first-order valence-electron chi connectivity index (χ1n) is 7.92. The van der Waals surface area contributed by atoms with Crippen LogP contribution in [0.4, 0.5) is 0 Å². The Hall–Kier alpha value is -1.61. The summed E-state index contributed by atoms with van der Waals surface area (Å²) in [4.78, 5) is 14.2. The molecule has 0 aromatic heterocycles. The second-order valence-corrected chi connectivity index (χ2v) is 6.32. The number of hydrogen-bond acceptors (Lipinski definition) is 2. The molecule has 0 bridgehead atoms. The van der Waals surface area contributed by atoms with E-state index in [1.807, 2.05) is 41.3 Å². The second kappa shape index (κ2) is 6.02. The van der Waals surface area contributed by atoms with Crippen LogP contribution in [0.1, 0.15) is 37.7 Å². The Morgan fingerprint density at radius 3 is 2.86 bits per heavy atom. The minimum absolute atomic E-state index is 0.0616. The maximum absolute atomic E-state index is 12.3. The number of carbonyl (C=O) groups is 1. The molecule has 1 aliphatic carbocycles. The van der Waals surface area contributed by atoms with E-state index in [1.54, 1.807) is 6.08 Å². The Morgan fingerprint density at radius 2 is 2.05 bits per heavy atom. The average molecular weight is 285 g/mol. The molecule has 2 fully saturated rings. The molecule has 1 heterocycles. The van der Waals surface area contributed by atoms with Gasteiger partial charge in [-0.25, -0.2) is 0 Å². The first kappa shape index (κ1) is 14.3. The van der Waals surface area contributed by atoms with Crippen molar-refractivity contribution in [2.24, 2.45) is 5.92 Å². The Kier molecular flexibility index (Phi) is 4.11. The molecule has 1 aromatic rings. The first-order valence-corrected chi connectivity index (χ1v) is 7.92. The Morgan fingerprint density at radius 1 is 1.24 bits per heavy atom. The molecule has 2 aliphatic rings. The number of amides is 1. The fourth-order valence-corrected chi connectivity index (χ4v) is 3.61. The zero-order valence-corrected chi connectivity index (χ0v) is 12.4. The van der Waals surface area contributed by atoms with Gasteiger partial charge >= 0.3 is 0 Å². The van der Waals surface area contributed by atoms with Gasteiger partial charge in [-0.2, -0.15) is 0 Å². The van der Waals surface area contributed by atoms with Crippen molar-refractivity contribution in [3.05, 3.63) is 42.0 Å². The van der Waals surface area contributed by atoms with Crippen LogP contribution in [-0.4, -0.2) is 34.6 Å². The molecular weight excluding hydrogens is 262 g/mol. The molecule has 1 amide bonds. The third kappa shape index (κ3) is 3.18. The molecule has 1 aliphatic heterocycles. The van der Waals surface area contributed by atoms with Crippen molar-refractivity contribution in [3.63, 3.8) is 0 Å². The summed E-state index contributed by atoms with van der Waals surface area (Å²) >= 11 is 0. The summed E-state index contributed by atoms with van der Waals surface area (Å²) in [6.07, 6.45) is 8.49. The van der Waals surface area contributed by atoms with Gasteiger partial charge in [0.1, 0.15) is 0 Å². The van der Waals surface area contributed by atoms with E-state index in [2.05, 4.69) is 0 Å². The van der Waals surface area contributed by atoms with Crippen molar-refractivity contribution in [2.45, 2.75) is 37.7 Å². The van der Waals surface area contributed by atoms with Gasteiger partial charge in [0.15, 0.2) is 0 Å². The minimum atomic E-state index is -0.516. The lowest BCUT2D eigenvalue weighted by Crippen LogP contribution is -2.54. The maximum atomic E-state index is 12.3. The van der Waals surface area contributed by atoms with Crippen molar-refractivity contribution in [3.8, 4) is 0 Å². The van der Waals surface area contributed by atoms with Gasteiger partial charge in [-0.15, -0.1) is 0 Å². The van der Waals surface area contributed by atoms with Gasteiger partial charge in [-0.3, -0.25) is 4.79 Å². The SMILES string of the molecule is O=C(/C=C/c1ccccc1)N1CC[C@@]2(O)CCCC[C@H]2C1. The second-order valence-electron chi connectivity index (χ2n) is 6.32. The quantitative estimate of drug-likeness (QED) is 0.849. The molecule has 1 aromatic carbocycles. The molecule has 21 heavy (non-hydrogen) atoms. The highest BCUT2D eigenvalue weighted by Crippen LogP contribution is 2.39. The number of nitrogens with zero attached hydrogens (tertiary/aromatic N) is 1. The summed E-state index contributed by atoms with van der Waals surface area (Å²) in [6, 6.07) is 9.87. The van der Waals surface area contributed by atoms with Crippen molar-refractivity contribution < 1.29 is 9.90 Å². The van der Waals surface area contributed by atoms with Crippen LogP contribution in [0.25, 0.3) is 6.08 Å². The van der Waals surface area contributed by atoms with E-state index in [4.69, 9.17) is 0 Å². The van der Waals surface area contributed by atoms with Crippen LogP contribution in [0.3, 0.4) is 0 Å². The van der Waals surface area contributed by atoms with Gasteiger partial charge in [0.25, 0.3) is 0 Å². The average Bonchev–Trinajstić information content (AvgIpc) is 2.52. The molecule has 3 nitrogen and oxygen atoms in total. The molecule has 1 saturated heterocycles. The third-order valence-electron chi connectivity index (χ3n) is 4.96. The fourth-order valence-electron chi connectivity index (χ4n) is 3.61. The van der Waals surface area contributed by atoms with Crippen LogP contribution in [0.5, 0.6) is 0 Å². The van der Waals surface area contributed by atoms with Crippen molar-refractivity contribution in [1.82, 2.24) is 4.90 Å². The van der Waals surface area contributed by atoms with E-state index in [-0.39, 0.29) is 11.8 Å². The smallest absolute Gasteiger partial charge is 0.246 e. The number of fused-ring (bicyclic) bond motifs is 1. The fraction of sp³-hybridized carbons (Fsp3) is 0.500. The molecule has 3 heteroatoms. The van der Waals surface area contributed by atoms with E-state index in [1.165, 1.54) is 6.42 Å². The summed E-state index contributed by atoms with van der Waals surface area (Å²) in [5.74, 6) is 0.320. The molecule has 0 unspecified atom stereocenters. The van der Waals surface area contributed by atoms with E-state index in [0.717, 1.165) is 31.2 Å². The van der Waals surface area contributed by atoms with Crippen LogP contribution in [0.15, 0.2) is 36.4 Å². The van der Waals surface area contributed by atoms with Crippen LogP contribution in [-0.2, 0) is 4.79 Å². The van der Waals surface area contributed by atoms with Crippen molar-refractivity contribution >= 4 is 12.0 Å². The molecule has 0 radical (unpaired) electrons. The molecule has 2 atom stereocenters. The van der Waals surface area contributed by atoms with Crippen LogP contribution >= 0.6 is 0 Å². The highest BCUT2D eigenvalue weighted by atomic mass is 16.3. The summed E-state index contributed by atoms with van der Waals surface area (Å²) < 4.78 is 0. The number of hydrogen-bond donors (Lipinski definition) is 1. The topological polar surface area (TPSA) is 40.5 Å². The predicted octanol–water partition coefficient (Wildman–Crippen LogP) is 2.85. The lowest BCUT2D eigenvalue weighted by molar-refractivity contribution is -0.138. The standard InChI is InChI=1S/C18H23NO2/c20-17(10-9-15-6-2-1-3-7-15)19-13-12-18(21)11-5-4-8-16(18)14-19/h1-3,6-7,9-10,16,21H,4-5,8,11-14H2/b10-9+/t16-,18-/m0/s1. The van der Waals surface area contributed by atoms with Crippen molar-refractivity contribution in [1.29, 1.82) is 0 Å². The first-order chi connectivity index (χ1) is 10.2. The van der Waals surface area contributed by atoms with Crippen LogP contribution in [0, 0.1) is 5.92 Å². The number of likely N-dealkylation sites (tertiary alicyclic amines) is 1. The zero-order chi connectivity index (χ0) is 14.7. The minimum Gasteiger partial charge on any atom is -0.389 e. The van der Waals surface area contributed by atoms with Gasteiger partial charge in [0.05, 0.1) is 5.60 Å². The third-order valence-corrected chi connectivity index (χ3v) is 4.96. The summed E-state index contributed by atoms with van der Waals surface area (Å²) in [7, 11) is 0. The lowest BCUT2D eigenvalue weighted by Gasteiger charge is -2.47. The number of benzene rings is 1. The molecule has 112 valence electrons. The van der Waals surface area contributed by atoms with E-state index >= 15 is 0 Å². The molecular formula is C18H23NO2. The largest absolute Gasteiger partial charge is 0.389 e. The zero-order valence-electron chi connectivity index (χ0n) is 12.4. The highest BCUT2D eigenvalue weighted by Gasteiger charge is 2.43. The number of carbonyl (C=O) groups excluding carboxylic acids is 1. The van der Waals surface area contributed by atoms with Gasteiger partial charge in [-0.05, 0) is 30.9 Å². The maximum Gasteiger partial charge on any atom is 0.246 e. The highest BCUT2D eigenvalue weighted by molar-refractivity contribution is 5.91. The van der Waals surface area contributed by atoms with Gasteiger partial charge in [-0.1, -0.05) is 43.2 Å². The summed E-state index contributed by atoms with van der Waals surface area (Å²) in [5, 5.41) is 10.6. The van der Waals surface area contributed by atoms with E-state index in [0.29, 0.717) is 13.1 Å². The predicted molar refractivity (Wildman–Crippen MR) is 83.6 cm³/mol. The van der Waals surface area contributed by atoms with Gasteiger partial charge in [0.2, 0.25) is 5.91 Å². The lowest BCUT2D eigenvalue weighted by atomic mass is 9.71. The molecule has 0 spiro atoms. The Balaban J connectivity index is 1.62. The number of aliphatic hydroxyl groups is 1. The Labute approximate surface area is 126 Å². The molecule has 1 N–H and O–H groups in total. The summed E-state index contributed by atoms with van der Waals surface area (Å²) in [5.41, 5.74) is 0.523. The molecule has 3 rings (SSSR count). The summed E-state index contributed by atoms with van der Waals surface area (Å²) in [6.45, 7) is 1.37. The normalized spacial score (nSPS) is 29.4. The number of piperidine rings is 1. The van der Waals surface area contributed by atoms with Crippen LogP contribution < -0.4 is 0 Å². The number of rotatable bonds is 2. The van der Waals surface area contributed by atoms with Crippen molar-refractivity contribution in [2.75, 3.05) is 13.1 Å². The van der Waals surface area contributed by atoms with Gasteiger partial charge < -0.3 is 10.0 Å². The van der Waals surface area contributed by atoms with Gasteiger partial charge in [0, 0.05) is 25.1 Å².